The van der Waals surface area contributed by atoms with Crippen molar-refractivity contribution in [3.05, 3.63) is 30.3 Å². The van der Waals surface area contributed by atoms with Crippen LogP contribution in [0.2, 0.25) is 0 Å². The molecular formula is C8H9N2O2. The predicted octanol–water partition coefficient (Wildman–Crippen LogP) is 0.944. The molecule has 0 saturated heterocycles. The van der Waals surface area contributed by atoms with Crippen LogP contribution < -0.4 is 5.43 Å². The minimum Gasteiger partial charge on any atom is -0.271 e. The maximum atomic E-state index is 10.2. The molecule has 0 heterocycles. The van der Waals surface area contributed by atoms with Crippen LogP contribution in [0.3, 0.4) is 0 Å². The second kappa shape index (κ2) is 4.35. The van der Waals surface area contributed by atoms with E-state index in [1.54, 1.807) is 6.41 Å². The number of anilines is 1. The van der Waals surface area contributed by atoms with Gasteiger partial charge in [-0.25, -0.2) is 0 Å². The molecule has 1 aromatic carbocycles. The van der Waals surface area contributed by atoms with Crippen molar-refractivity contribution < 1.29 is 9.63 Å². The van der Waals surface area contributed by atoms with Crippen LogP contribution in [0.25, 0.3) is 0 Å². The summed E-state index contributed by atoms with van der Waals surface area (Å²) in [6.07, 6.45) is 1.55. The molecule has 1 rings (SSSR count). The molecule has 63 valence electrons. The zero-order valence-corrected chi connectivity index (χ0v) is 6.65. The van der Waals surface area contributed by atoms with E-state index in [2.05, 4.69) is 10.3 Å². The van der Waals surface area contributed by atoms with E-state index in [1.165, 1.54) is 7.11 Å². The fraction of sp³-hybridized carbons (Fsp3) is 0.125. The van der Waals surface area contributed by atoms with Gasteiger partial charge in [0.1, 0.15) is 0 Å². The van der Waals surface area contributed by atoms with Gasteiger partial charge in [0.2, 0.25) is 0 Å². The minimum absolute atomic E-state index is 0.766. The summed E-state index contributed by atoms with van der Waals surface area (Å²) in [7, 11) is 1.38. The zero-order valence-electron chi connectivity index (χ0n) is 6.65. The molecule has 0 fully saturated rings. The van der Waals surface area contributed by atoms with Gasteiger partial charge in [-0.3, -0.25) is 15.1 Å². The zero-order chi connectivity index (χ0) is 8.81. The number of nitrogens with one attached hydrogen (secondary N) is 1. The SMILES string of the molecule is CON([C]=O)Nc1ccccc1. The molecule has 12 heavy (non-hydrogen) atoms. The summed E-state index contributed by atoms with van der Waals surface area (Å²) in [6.45, 7) is 0. The monoisotopic (exact) mass is 165 g/mol. The Labute approximate surface area is 70.7 Å². The molecule has 1 radical (unpaired) electrons. The average Bonchev–Trinajstić information content (AvgIpc) is 2.16. The van der Waals surface area contributed by atoms with Crippen LogP contribution in [-0.4, -0.2) is 18.7 Å². The Kier molecular flexibility index (Phi) is 3.10. The summed E-state index contributed by atoms with van der Waals surface area (Å²) >= 11 is 0. The minimum atomic E-state index is 0.766. The molecule has 1 aromatic rings. The fourth-order valence-electron chi connectivity index (χ4n) is 0.736. The third-order valence-electron chi connectivity index (χ3n) is 1.27. The number of benzene rings is 1. The number of hydrogen-bond acceptors (Lipinski definition) is 3. The molecule has 0 spiro atoms. The first-order valence-corrected chi connectivity index (χ1v) is 3.40. The Morgan fingerprint density at radius 2 is 2.08 bits per heavy atom. The Morgan fingerprint density at radius 3 is 2.58 bits per heavy atom. The van der Waals surface area contributed by atoms with E-state index < -0.39 is 0 Å². The normalized spacial score (nSPS) is 9.08. The molecule has 0 atom stereocenters. The summed E-state index contributed by atoms with van der Waals surface area (Å²) < 4.78 is 0. The van der Waals surface area contributed by atoms with E-state index >= 15 is 0 Å². The Morgan fingerprint density at radius 1 is 1.42 bits per heavy atom. The third kappa shape index (κ3) is 2.25. The van der Waals surface area contributed by atoms with Crippen LogP contribution in [0.1, 0.15) is 0 Å². The van der Waals surface area contributed by atoms with Crippen molar-refractivity contribution in [3.63, 3.8) is 0 Å². The van der Waals surface area contributed by atoms with Gasteiger partial charge >= 0.3 is 6.41 Å². The van der Waals surface area contributed by atoms with Crippen LogP contribution in [-0.2, 0) is 9.63 Å². The molecule has 1 amide bonds. The highest BCUT2D eigenvalue weighted by Gasteiger charge is 1.98. The fourth-order valence-corrected chi connectivity index (χ4v) is 0.736. The highest BCUT2D eigenvalue weighted by molar-refractivity contribution is 5.52. The van der Waals surface area contributed by atoms with Gasteiger partial charge in [-0.05, 0) is 12.1 Å². The van der Waals surface area contributed by atoms with Gasteiger partial charge in [0.15, 0.2) is 0 Å². The molecule has 1 N–H and O–H groups in total. The number of hydrazine groups is 1. The van der Waals surface area contributed by atoms with Gasteiger partial charge in [-0.15, -0.1) is 5.17 Å². The Bertz CT molecular complexity index is 238. The van der Waals surface area contributed by atoms with Gasteiger partial charge in [-0.1, -0.05) is 18.2 Å². The first-order valence-electron chi connectivity index (χ1n) is 3.40. The third-order valence-corrected chi connectivity index (χ3v) is 1.27. The van der Waals surface area contributed by atoms with E-state index in [4.69, 9.17) is 0 Å². The van der Waals surface area contributed by atoms with Gasteiger partial charge in [-0.2, -0.15) is 0 Å². The molecule has 0 aliphatic heterocycles. The molecular weight excluding hydrogens is 156 g/mol. The van der Waals surface area contributed by atoms with Crippen molar-refractivity contribution in [1.82, 2.24) is 5.17 Å². The molecule has 0 saturated carbocycles. The van der Waals surface area contributed by atoms with Crippen molar-refractivity contribution in [1.29, 1.82) is 0 Å². The summed E-state index contributed by atoms with van der Waals surface area (Å²) in [5.74, 6) is 0. The molecule has 0 bridgehead atoms. The number of hydrogen-bond donors (Lipinski definition) is 1. The number of rotatable bonds is 4. The van der Waals surface area contributed by atoms with Crippen LogP contribution in [0.4, 0.5) is 5.69 Å². The first-order chi connectivity index (χ1) is 5.86. The van der Waals surface area contributed by atoms with Crippen molar-refractivity contribution in [3.8, 4) is 0 Å². The molecule has 0 unspecified atom stereocenters. The number of para-hydroxylation sites is 1. The summed E-state index contributed by atoms with van der Waals surface area (Å²) in [5.41, 5.74) is 3.43. The second-order valence-corrected chi connectivity index (χ2v) is 2.05. The van der Waals surface area contributed by atoms with Gasteiger partial charge in [0, 0.05) is 0 Å². The lowest BCUT2D eigenvalue weighted by Crippen LogP contribution is -2.26. The van der Waals surface area contributed by atoms with Gasteiger partial charge < -0.3 is 0 Å². The standard InChI is InChI=1S/C8H9N2O2/c1-12-10(7-11)9-8-5-3-2-4-6-8/h2-6,9H,1H3. The lowest BCUT2D eigenvalue weighted by Gasteiger charge is -2.14. The number of carbonyl (C=O) groups excluding carboxylic acids is 1. The van der Waals surface area contributed by atoms with Crippen LogP contribution in [0.15, 0.2) is 30.3 Å². The van der Waals surface area contributed by atoms with Crippen molar-refractivity contribution in [2.75, 3.05) is 12.5 Å². The van der Waals surface area contributed by atoms with Crippen molar-refractivity contribution in [2.24, 2.45) is 0 Å². The van der Waals surface area contributed by atoms with Crippen LogP contribution >= 0.6 is 0 Å². The smallest absolute Gasteiger partial charge is 0.271 e. The van der Waals surface area contributed by atoms with Crippen molar-refractivity contribution >= 4 is 12.1 Å². The summed E-state index contributed by atoms with van der Waals surface area (Å²) in [6, 6.07) is 9.20. The summed E-state index contributed by atoms with van der Waals surface area (Å²) in [4.78, 5) is 14.8. The maximum Gasteiger partial charge on any atom is 0.359 e. The average molecular weight is 165 g/mol. The highest BCUT2D eigenvalue weighted by Crippen LogP contribution is 2.05. The first kappa shape index (κ1) is 8.55. The quantitative estimate of drug-likeness (QED) is 0.533. The highest BCUT2D eigenvalue weighted by atomic mass is 16.7. The van der Waals surface area contributed by atoms with Gasteiger partial charge in [0.25, 0.3) is 0 Å². The van der Waals surface area contributed by atoms with E-state index in [-0.39, 0.29) is 0 Å². The van der Waals surface area contributed by atoms with E-state index in [0.29, 0.717) is 0 Å². The Balaban J connectivity index is 2.56. The molecule has 0 aliphatic rings. The van der Waals surface area contributed by atoms with Gasteiger partial charge in [0.05, 0.1) is 12.8 Å². The molecule has 4 heteroatoms. The summed E-state index contributed by atoms with van der Waals surface area (Å²) in [5, 5.41) is 0.856. The largest absolute Gasteiger partial charge is 0.359 e. The Hall–Kier alpha value is -1.55. The topological polar surface area (TPSA) is 41.6 Å². The lowest BCUT2D eigenvalue weighted by molar-refractivity contribution is -0.0443. The predicted molar refractivity (Wildman–Crippen MR) is 44.6 cm³/mol. The lowest BCUT2D eigenvalue weighted by atomic mass is 10.3. The number of amides is 1. The van der Waals surface area contributed by atoms with Crippen LogP contribution in [0, 0.1) is 0 Å². The molecule has 0 aromatic heterocycles. The number of hydroxylamine groups is 1. The molecule has 0 aliphatic carbocycles. The number of nitrogens with zero attached hydrogens (tertiary/aromatic N) is 1. The second-order valence-electron chi connectivity index (χ2n) is 2.05. The van der Waals surface area contributed by atoms with E-state index in [0.717, 1.165) is 10.9 Å². The van der Waals surface area contributed by atoms with E-state index in [9.17, 15) is 4.79 Å². The molecule has 4 nitrogen and oxygen atoms in total. The van der Waals surface area contributed by atoms with Crippen molar-refractivity contribution in [2.45, 2.75) is 0 Å². The van der Waals surface area contributed by atoms with Crippen LogP contribution in [0.5, 0.6) is 0 Å². The maximum absolute atomic E-state index is 10.2. The van der Waals surface area contributed by atoms with E-state index in [1.807, 2.05) is 30.3 Å².